The minimum absolute atomic E-state index is 0.0889. The van der Waals surface area contributed by atoms with Crippen LogP contribution >= 0.6 is 0 Å². The van der Waals surface area contributed by atoms with E-state index in [4.69, 9.17) is 9.84 Å². The number of carbonyl (C=O) groups is 1. The van der Waals surface area contributed by atoms with Gasteiger partial charge in [0.15, 0.2) is 0 Å². The number of ether oxygens (including phenoxy) is 1. The summed E-state index contributed by atoms with van der Waals surface area (Å²) in [5, 5.41) is 8.63. The molecule has 1 heterocycles. The van der Waals surface area contributed by atoms with Crippen molar-refractivity contribution in [2.24, 2.45) is 0 Å². The summed E-state index contributed by atoms with van der Waals surface area (Å²) in [5.41, 5.74) is -0.186. The summed E-state index contributed by atoms with van der Waals surface area (Å²) in [6.45, 7) is 2.16. The second-order valence-corrected chi connectivity index (χ2v) is 5.28. The Morgan fingerprint density at radius 2 is 2.18 bits per heavy atom. The maximum atomic E-state index is 12.7. The van der Waals surface area contributed by atoms with Crippen LogP contribution in [0.1, 0.15) is 30.1 Å². The fourth-order valence-electron chi connectivity index (χ4n) is 2.48. The van der Waals surface area contributed by atoms with Crippen LogP contribution in [0.25, 0.3) is 0 Å². The molecule has 2 rings (SSSR count). The molecular formula is C15H18F3NO3. The van der Waals surface area contributed by atoms with E-state index >= 15 is 0 Å². The van der Waals surface area contributed by atoms with Crippen LogP contribution < -0.4 is 0 Å². The van der Waals surface area contributed by atoms with E-state index in [0.717, 1.165) is 12.1 Å². The van der Waals surface area contributed by atoms with Gasteiger partial charge in [-0.1, -0.05) is 12.1 Å². The number of benzene rings is 1. The summed E-state index contributed by atoms with van der Waals surface area (Å²) in [5.74, 6) is -0.845. The van der Waals surface area contributed by atoms with Crippen molar-refractivity contribution in [1.29, 1.82) is 0 Å². The average Bonchev–Trinajstić information content (AvgIpc) is 2.46. The third-order valence-electron chi connectivity index (χ3n) is 3.60. The first-order chi connectivity index (χ1) is 10.4. The summed E-state index contributed by atoms with van der Waals surface area (Å²) in [6.07, 6.45) is -4.18. The van der Waals surface area contributed by atoms with Gasteiger partial charge in [-0.05, 0) is 30.7 Å². The number of morpholine rings is 1. The third kappa shape index (κ3) is 4.71. The molecule has 0 saturated carbocycles. The van der Waals surface area contributed by atoms with Crippen molar-refractivity contribution >= 4 is 5.97 Å². The highest BCUT2D eigenvalue weighted by atomic mass is 19.4. The van der Waals surface area contributed by atoms with Gasteiger partial charge in [-0.15, -0.1) is 0 Å². The molecular weight excluding hydrogens is 299 g/mol. The zero-order valence-electron chi connectivity index (χ0n) is 12.0. The van der Waals surface area contributed by atoms with Crippen LogP contribution in [0.5, 0.6) is 0 Å². The Kier molecular flexibility index (Phi) is 5.42. The minimum atomic E-state index is -4.37. The summed E-state index contributed by atoms with van der Waals surface area (Å²) in [7, 11) is 0. The lowest BCUT2D eigenvalue weighted by Gasteiger charge is -2.33. The van der Waals surface area contributed by atoms with E-state index in [0.29, 0.717) is 38.2 Å². The lowest BCUT2D eigenvalue weighted by atomic mass is 10.0. The highest BCUT2D eigenvalue weighted by molar-refractivity contribution is 5.66. The summed E-state index contributed by atoms with van der Waals surface area (Å²) in [6, 6.07) is 5.16. The quantitative estimate of drug-likeness (QED) is 0.907. The van der Waals surface area contributed by atoms with Gasteiger partial charge in [0.2, 0.25) is 0 Å². The van der Waals surface area contributed by atoms with E-state index in [-0.39, 0.29) is 6.42 Å². The molecule has 122 valence electrons. The Labute approximate surface area is 126 Å². The molecule has 1 aliphatic rings. The molecule has 1 aromatic rings. The molecule has 1 saturated heterocycles. The number of nitrogens with zero attached hydrogens (tertiary/aromatic N) is 1. The maximum absolute atomic E-state index is 12.7. The minimum Gasteiger partial charge on any atom is -0.481 e. The predicted octanol–water partition coefficient (Wildman–Crippen LogP) is 2.94. The van der Waals surface area contributed by atoms with Crippen LogP contribution in [0.2, 0.25) is 0 Å². The first-order valence-electron chi connectivity index (χ1n) is 7.09. The van der Waals surface area contributed by atoms with Crippen LogP contribution in [0, 0.1) is 0 Å². The van der Waals surface area contributed by atoms with Gasteiger partial charge in [0.05, 0.1) is 18.3 Å². The smallest absolute Gasteiger partial charge is 0.416 e. The van der Waals surface area contributed by atoms with Crippen LogP contribution in [0.4, 0.5) is 13.2 Å². The van der Waals surface area contributed by atoms with Crippen LogP contribution in [0.15, 0.2) is 24.3 Å². The molecule has 7 heteroatoms. The Balaban J connectivity index is 1.98. The van der Waals surface area contributed by atoms with Crippen LogP contribution in [-0.2, 0) is 15.7 Å². The van der Waals surface area contributed by atoms with Crippen molar-refractivity contribution < 1.29 is 27.8 Å². The average molecular weight is 317 g/mol. The number of alkyl halides is 3. The van der Waals surface area contributed by atoms with Crippen molar-refractivity contribution in [2.45, 2.75) is 25.1 Å². The highest BCUT2D eigenvalue weighted by Crippen LogP contribution is 2.32. The largest absolute Gasteiger partial charge is 0.481 e. The number of halogens is 3. The number of hydrogen-bond acceptors (Lipinski definition) is 3. The van der Waals surface area contributed by atoms with Crippen LogP contribution in [-0.4, -0.2) is 42.2 Å². The third-order valence-corrected chi connectivity index (χ3v) is 3.60. The van der Waals surface area contributed by atoms with Crippen molar-refractivity contribution in [3.63, 3.8) is 0 Å². The van der Waals surface area contributed by atoms with E-state index < -0.39 is 23.8 Å². The number of rotatable bonds is 5. The highest BCUT2D eigenvalue weighted by Gasteiger charge is 2.31. The molecule has 0 bridgehead atoms. The van der Waals surface area contributed by atoms with Crippen molar-refractivity contribution in [3.8, 4) is 0 Å². The molecule has 1 fully saturated rings. The molecule has 1 aromatic carbocycles. The first-order valence-corrected chi connectivity index (χ1v) is 7.09. The maximum Gasteiger partial charge on any atom is 0.416 e. The van der Waals surface area contributed by atoms with Gasteiger partial charge in [-0.2, -0.15) is 13.2 Å². The normalized spacial score (nSPS) is 20.0. The second-order valence-electron chi connectivity index (χ2n) is 5.28. The molecule has 1 aliphatic heterocycles. The van der Waals surface area contributed by atoms with E-state index in [1.807, 2.05) is 4.90 Å². The topological polar surface area (TPSA) is 49.8 Å². The molecule has 1 atom stereocenters. The fourth-order valence-corrected chi connectivity index (χ4v) is 2.48. The fraction of sp³-hybridized carbons (Fsp3) is 0.533. The first kappa shape index (κ1) is 16.8. The predicted molar refractivity (Wildman–Crippen MR) is 73.4 cm³/mol. The van der Waals surface area contributed by atoms with Gasteiger partial charge in [0, 0.05) is 19.5 Å². The second kappa shape index (κ2) is 7.11. The summed E-state index contributed by atoms with van der Waals surface area (Å²) in [4.78, 5) is 12.5. The van der Waals surface area contributed by atoms with E-state index in [1.165, 1.54) is 6.07 Å². The van der Waals surface area contributed by atoms with Crippen LogP contribution in [0.3, 0.4) is 0 Å². The van der Waals surface area contributed by atoms with Gasteiger partial charge in [-0.3, -0.25) is 9.69 Å². The van der Waals surface area contributed by atoms with Crippen molar-refractivity contribution in [1.82, 2.24) is 4.90 Å². The Morgan fingerprint density at radius 3 is 2.86 bits per heavy atom. The molecule has 1 N–H and O–H groups in total. The Morgan fingerprint density at radius 1 is 1.41 bits per heavy atom. The number of hydrogen-bond donors (Lipinski definition) is 1. The standard InChI is InChI=1S/C15H18F3NO3/c16-15(17,18)12-4-1-3-11(9-12)13-10-19(7-8-22-13)6-2-5-14(20)21/h1,3-4,9,13H,2,5-8,10H2,(H,20,21). The molecule has 0 aromatic heterocycles. The summed E-state index contributed by atoms with van der Waals surface area (Å²) >= 11 is 0. The zero-order chi connectivity index (χ0) is 16.2. The Hall–Kier alpha value is -1.60. The molecule has 1 unspecified atom stereocenters. The zero-order valence-corrected chi connectivity index (χ0v) is 12.0. The van der Waals surface area contributed by atoms with E-state index in [1.54, 1.807) is 6.07 Å². The lowest BCUT2D eigenvalue weighted by molar-refractivity contribution is -0.138. The number of carboxylic acid groups (broad SMARTS) is 1. The monoisotopic (exact) mass is 317 g/mol. The number of aliphatic carboxylic acids is 1. The molecule has 0 radical (unpaired) electrons. The molecule has 22 heavy (non-hydrogen) atoms. The Bertz CT molecular complexity index is 519. The number of carboxylic acids is 1. The van der Waals surface area contributed by atoms with Crippen molar-refractivity contribution in [3.05, 3.63) is 35.4 Å². The van der Waals surface area contributed by atoms with Gasteiger partial charge < -0.3 is 9.84 Å². The van der Waals surface area contributed by atoms with Crippen molar-refractivity contribution in [2.75, 3.05) is 26.2 Å². The molecule has 0 spiro atoms. The lowest BCUT2D eigenvalue weighted by Crippen LogP contribution is -2.39. The SMILES string of the molecule is O=C(O)CCCN1CCOC(c2cccc(C(F)(F)F)c2)C1. The van der Waals surface area contributed by atoms with Gasteiger partial charge in [0.1, 0.15) is 0 Å². The molecule has 0 amide bonds. The van der Waals surface area contributed by atoms with Gasteiger partial charge in [0.25, 0.3) is 0 Å². The molecule has 4 nitrogen and oxygen atoms in total. The molecule has 0 aliphatic carbocycles. The van der Waals surface area contributed by atoms with E-state index in [9.17, 15) is 18.0 Å². The summed E-state index contributed by atoms with van der Waals surface area (Å²) < 4.78 is 43.8. The van der Waals surface area contributed by atoms with Gasteiger partial charge in [-0.25, -0.2) is 0 Å². The van der Waals surface area contributed by atoms with E-state index in [2.05, 4.69) is 0 Å². The van der Waals surface area contributed by atoms with Gasteiger partial charge >= 0.3 is 12.1 Å².